The lowest BCUT2D eigenvalue weighted by molar-refractivity contribution is 0.249. The molecule has 134 valence electrons. The molecule has 1 N–H and O–H groups in total. The van der Waals surface area contributed by atoms with E-state index >= 15 is 0 Å². The number of anilines is 1. The van der Waals surface area contributed by atoms with Crippen LogP contribution in [0.15, 0.2) is 28.0 Å². The van der Waals surface area contributed by atoms with Gasteiger partial charge in [0.25, 0.3) is 5.56 Å². The molecule has 9 nitrogen and oxygen atoms in total. The van der Waals surface area contributed by atoms with Crippen molar-refractivity contribution in [3.05, 3.63) is 44.5 Å². The third-order valence-corrected chi connectivity index (χ3v) is 4.35. The molecule has 0 saturated carbocycles. The predicted octanol–water partition coefficient (Wildman–Crippen LogP) is -0.0226. The Morgan fingerprint density at radius 3 is 2.60 bits per heavy atom. The monoisotopic (exact) mass is 365 g/mol. The van der Waals surface area contributed by atoms with Gasteiger partial charge in [-0.15, -0.1) is 0 Å². The highest BCUT2D eigenvalue weighted by molar-refractivity contribution is 6.29. The normalized spacial score (nSPS) is 15.5. The third-order valence-electron chi connectivity index (χ3n) is 4.14. The van der Waals surface area contributed by atoms with Gasteiger partial charge in [-0.05, 0) is 25.5 Å². The van der Waals surface area contributed by atoms with Crippen molar-refractivity contribution in [3.63, 3.8) is 0 Å². The van der Waals surface area contributed by atoms with Crippen LogP contribution in [-0.2, 0) is 6.54 Å². The second kappa shape index (κ2) is 8.21. The summed E-state index contributed by atoms with van der Waals surface area (Å²) in [4.78, 5) is 37.7. The Morgan fingerprint density at radius 1 is 1.12 bits per heavy atom. The molecular formula is C15H20ClN7O2. The molecule has 25 heavy (non-hydrogen) atoms. The van der Waals surface area contributed by atoms with Gasteiger partial charge in [-0.25, -0.2) is 19.4 Å². The molecule has 2 aromatic rings. The molecule has 0 aliphatic carbocycles. The fourth-order valence-corrected chi connectivity index (χ4v) is 2.92. The molecular weight excluding hydrogens is 346 g/mol. The van der Waals surface area contributed by atoms with E-state index in [1.165, 1.54) is 4.68 Å². The largest absolute Gasteiger partial charge is 0.344 e. The maximum absolute atomic E-state index is 11.5. The second-order valence-corrected chi connectivity index (χ2v) is 6.26. The molecule has 2 aromatic heterocycles. The van der Waals surface area contributed by atoms with E-state index < -0.39 is 11.2 Å². The molecule has 1 aliphatic rings. The van der Waals surface area contributed by atoms with Crippen molar-refractivity contribution in [1.82, 2.24) is 29.6 Å². The zero-order chi connectivity index (χ0) is 17.6. The van der Waals surface area contributed by atoms with Crippen molar-refractivity contribution in [2.24, 2.45) is 0 Å². The molecule has 0 radical (unpaired) electrons. The van der Waals surface area contributed by atoms with Gasteiger partial charge in [0, 0.05) is 38.9 Å². The van der Waals surface area contributed by atoms with Crippen LogP contribution in [0, 0.1) is 0 Å². The Morgan fingerprint density at radius 2 is 1.88 bits per heavy atom. The van der Waals surface area contributed by atoms with Gasteiger partial charge in [0.05, 0.1) is 0 Å². The number of hydrogen-bond donors (Lipinski definition) is 1. The Labute approximate surface area is 149 Å². The Kier molecular flexibility index (Phi) is 5.77. The number of nitrogens with zero attached hydrogens (tertiary/aromatic N) is 6. The minimum absolute atomic E-state index is 0.456. The van der Waals surface area contributed by atoms with Crippen LogP contribution in [-0.4, -0.2) is 62.4 Å². The molecule has 0 aromatic carbocycles. The van der Waals surface area contributed by atoms with E-state index in [1.807, 2.05) is 0 Å². The number of halogens is 1. The van der Waals surface area contributed by atoms with Gasteiger partial charge in [0.15, 0.2) is 0 Å². The van der Waals surface area contributed by atoms with Gasteiger partial charge in [-0.2, -0.15) is 5.10 Å². The van der Waals surface area contributed by atoms with E-state index in [-0.39, 0.29) is 0 Å². The predicted molar refractivity (Wildman–Crippen MR) is 94.0 cm³/mol. The summed E-state index contributed by atoms with van der Waals surface area (Å²) < 4.78 is 1.29. The van der Waals surface area contributed by atoms with Crippen LogP contribution in [0.4, 0.5) is 5.95 Å². The van der Waals surface area contributed by atoms with E-state index in [4.69, 9.17) is 11.6 Å². The van der Waals surface area contributed by atoms with Gasteiger partial charge in [0.1, 0.15) is 11.3 Å². The van der Waals surface area contributed by atoms with Gasteiger partial charge >= 0.3 is 5.69 Å². The van der Waals surface area contributed by atoms with Crippen molar-refractivity contribution in [1.29, 1.82) is 0 Å². The summed E-state index contributed by atoms with van der Waals surface area (Å²) in [5, 5.41) is 4.29. The zero-order valence-corrected chi connectivity index (χ0v) is 14.5. The zero-order valence-electron chi connectivity index (χ0n) is 13.8. The summed E-state index contributed by atoms with van der Waals surface area (Å²) in [6.45, 7) is 5.07. The highest BCUT2D eigenvalue weighted by atomic mass is 35.5. The number of rotatable bonds is 6. The van der Waals surface area contributed by atoms with E-state index in [9.17, 15) is 9.59 Å². The van der Waals surface area contributed by atoms with Crippen molar-refractivity contribution in [3.8, 4) is 0 Å². The summed E-state index contributed by atoms with van der Waals surface area (Å²) in [5.74, 6) is 0.677. The van der Waals surface area contributed by atoms with Gasteiger partial charge in [-0.1, -0.05) is 11.6 Å². The lowest BCUT2D eigenvalue weighted by Gasteiger charge is -2.34. The van der Waals surface area contributed by atoms with Crippen LogP contribution in [0.3, 0.4) is 0 Å². The maximum Gasteiger partial charge on any atom is 0.344 e. The topological polar surface area (TPSA) is 100 Å². The molecule has 0 atom stereocenters. The number of unbranched alkanes of at least 4 members (excludes halogenated alkanes) is 1. The molecule has 0 unspecified atom stereocenters. The van der Waals surface area contributed by atoms with Gasteiger partial charge in [-0.3, -0.25) is 14.7 Å². The van der Waals surface area contributed by atoms with Crippen molar-refractivity contribution < 1.29 is 0 Å². The number of aryl methyl sites for hydroxylation is 1. The highest BCUT2D eigenvalue weighted by Crippen LogP contribution is 2.13. The van der Waals surface area contributed by atoms with Crippen LogP contribution in [0.25, 0.3) is 0 Å². The molecule has 3 rings (SSSR count). The lowest BCUT2D eigenvalue weighted by Crippen LogP contribution is -2.47. The molecule has 3 heterocycles. The molecule has 1 fully saturated rings. The Balaban J connectivity index is 1.39. The minimum atomic E-state index is -0.470. The Bertz CT molecular complexity index is 814. The smallest absolute Gasteiger partial charge is 0.338 e. The summed E-state index contributed by atoms with van der Waals surface area (Å²) in [7, 11) is 0. The van der Waals surface area contributed by atoms with Crippen LogP contribution in [0.1, 0.15) is 12.8 Å². The average molecular weight is 366 g/mol. The van der Waals surface area contributed by atoms with Crippen molar-refractivity contribution >= 4 is 17.5 Å². The van der Waals surface area contributed by atoms with Crippen LogP contribution < -0.4 is 16.1 Å². The summed E-state index contributed by atoms with van der Waals surface area (Å²) in [5.41, 5.74) is -0.926. The maximum atomic E-state index is 11.5. The second-order valence-electron chi connectivity index (χ2n) is 5.88. The Hall–Kier alpha value is -2.26. The van der Waals surface area contributed by atoms with E-state index in [1.54, 1.807) is 12.3 Å². The molecule has 0 amide bonds. The van der Waals surface area contributed by atoms with E-state index in [0.717, 1.165) is 51.8 Å². The van der Waals surface area contributed by atoms with Crippen LogP contribution in [0.5, 0.6) is 0 Å². The molecule has 0 bridgehead atoms. The SMILES string of the molecule is O=c1cnn(CCCCN2CCN(c3nccc(Cl)n3)CC2)c(=O)[nH]1. The summed E-state index contributed by atoms with van der Waals surface area (Å²) in [6, 6.07) is 1.67. The third kappa shape index (κ3) is 4.86. The molecule has 10 heteroatoms. The molecule has 1 aliphatic heterocycles. The van der Waals surface area contributed by atoms with E-state index in [0.29, 0.717) is 17.6 Å². The number of hydrogen-bond acceptors (Lipinski definition) is 7. The van der Waals surface area contributed by atoms with E-state index in [2.05, 4.69) is 29.9 Å². The summed E-state index contributed by atoms with van der Waals surface area (Å²) in [6.07, 6.45) is 4.58. The van der Waals surface area contributed by atoms with Crippen LogP contribution >= 0.6 is 11.6 Å². The number of piperazine rings is 1. The number of aromatic nitrogens is 5. The average Bonchev–Trinajstić information content (AvgIpc) is 2.61. The quantitative estimate of drug-likeness (QED) is 0.567. The standard InChI is InChI=1S/C15H20ClN7O2/c16-12-3-4-17-14(19-12)22-9-7-21(8-10-22)5-1-2-6-23-15(25)20-13(24)11-18-23/h3-4,11H,1-2,5-10H2,(H,20,24,25). The first-order chi connectivity index (χ1) is 12.1. The molecule has 1 saturated heterocycles. The van der Waals surface area contributed by atoms with Crippen LogP contribution in [0.2, 0.25) is 5.15 Å². The first-order valence-electron chi connectivity index (χ1n) is 8.24. The summed E-state index contributed by atoms with van der Waals surface area (Å²) >= 11 is 5.91. The number of aromatic amines is 1. The first-order valence-corrected chi connectivity index (χ1v) is 8.62. The fraction of sp³-hybridized carbons (Fsp3) is 0.533. The highest BCUT2D eigenvalue weighted by Gasteiger charge is 2.18. The lowest BCUT2D eigenvalue weighted by atomic mass is 10.2. The van der Waals surface area contributed by atoms with Gasteiger partial charge in [0.2, 0.25) is 5.95 Å². The molecule has 0 spiro atoms. The van der Waals surface area contributed by atoms with Crippen molar-refractivity contribution in [2.45, 2.75) is 19.4 Å². The number of nitrogens with one attached hydrogen (secondary N) is 1. The first kappa shape index (κ1) is 17.6. The fourth-order valence-electron chi connectivity index (χ4n) is 2.78. The number of H-pyrrole nitrogens is 1. The van der Waals surface area contributed by atoms with Gasteiger partial charge < -0.3 is 4.90 Å². The minimum Gasteiger partial charge on any atom is -0.338 e. The van der Waals surface area contributed by atoms with Crippen molar-refractivity contribution in [2.75, 3.05) is 37.6 Å².